The van der Waals surface area contributed by atoms with Crippen molar-refractivity contribution in [3.63, 3.8) is 0 Å². The first-order chi connectivity index (χ1) is 8.18. The molecule has 1 aliphatic heterocycles. The van der Waals surface area contributed by atoms with Gasteiger partial charge in [0.1, 0.15) is 24.5 Å². The van der Waals surface area contributed by atoms with E-state index in [0.717, 1.165) is 5.56 Å². The summed E-state index contributed by atoms with van der Waals surface area (Å²) in [6.07, 6.45) is -3.52. The van der Waals surface area contributed by atoms with E-state index < -0.39 is 24.5 Å². The highest BCUT2D eigenvalue weighted by atomic mass is 16.6. The van der Waals surface area contributed by atoms with Gasteiger partial charge in [0.15, 0.2) is 0 Å². The van der Waals surface area contributed by atoms with Crippen LogP contribution in [-0.2, 0) is 16.1 Å². The molecule has 1 aromatic carbocycles. The number of nitrogens with two attached hydrogens (primary N) is 1. The van der Waals surface area contributed by atoms with Crippen LogP contribution in [0.25, 0.3) is 0 Å². The van der Waals surface area contributed by atoms with Crippen LogP contribution >= 0.6 is 0 Å². The molecule has 4 atom stereocenters. The fraction of sp³-hybridized carbons (Fsp3) is 0.500. The standard InChI is InChI=1S/C12H17NO4/c13-12-11(15)10(14)9(7-17-12)16-6-8-4-2-1-3-5-8/h1-5,9-12,14-15H,6-7,13H2/t9-,10+,11-,12?/m1/s1. The first kappa shape index (κ1) is 12.5. The fourth-order valence-electron chi connectivity index (χ4n) is 1.74. The zero-order valence-electron chi connectivity index (χ0n) is 9.40. The van der Waals surface area contributed by atoms with Crippen molar-refractivity contribution in [2.45, 2.75) is 31.1 Å². The Morgan fingerprint density at radius 3 is 2.65 bits per heavy atom. The molecule has 5 nitrogen and oxygen atoms in total. The van der Waals surface area contributed by atoms with Crippen LogP contribution in [0.1, 0.15) is 5.56 Å². The van der Waals surface area contributed by atoms with Crippen molar-refractivity contribution in [3.05, 3.63) is 35.9 Å². The summed E-state index contributed by atoms with van der Waals surface area (Å²) < 4.78 is 10.6. The van der Waals surface area contributed by atoms with E-state index in [4.69, 9.17) is 15.2 Å². The minimum atomic E-state index is -1.11. The minimum Gasteiger partial charge on any atom is -0.387 e. The quantitative estimate of drug-likeness (QED) is 0.669. The van der Waals surface area contributed by atoms with Crippen LogP contribution in [0, 0.1) is 0 Å². The van der Waals surface area contributed by atoms with Gasteiger partial charge in [-0.15, -0.1) is 0 Å². The maximum atomic E-state index is 9.75. The molecule has 5 heteroatoms. The molecule has 1 aliphatic rings. The highest BCUT2D eigenvalue weighted by Crippen LogP contribution is 2.16. The third-order valence-corrected chi connectivity index (χ3v) is 2.83. The fourth-order valence-corrected chi connectivity index (χ4v) is 1.74. The lowest BCUT2D eigenvalue weighted by atomic mass is 10.0. The largest absolute Gasteiger partial charge is 0.387 e. The van der Waals surface area contributed by atoms with Gasteiger partial charge in [0.25, 0.3) is 0 Å². The van der Waals surface area contributed by atoms with Gasteiger partial charge >= 0.3 is 0 Å². The van der Waals surface area contributed by atoms with Crippen molar-refractivity contribution in [3.8, 4) is 0 Å². The summed E-state index contributed by atoms with van der Waals surface area (Å²) >= 11 is 0. The molecule has 94 valence electrons. The van der Waals surface area contributed by atoms with Gasteiger partial charge in [-0.2, -0.15) is 0 Å². The van der Waals surface area contributed by atoms with Crippen molar-refractivity contribution >= 4 is 0 Å². The monoisotopic (exact) mass is 239 g/mol. The third kappa shape index (κ3) is 3.02. The van der Waals surface area contributed by atoms with E-state index in [1.54, 1.807) is 0 Å². The Hall–Kier alpha value is -0.980. The van der Waals surface area contributed by atoms with Crippen LogP contribution < -0.4 is 5.73 Å². The highest BCUT2D eigenvalue weighted by Gasteiger charge is 2.37. The summed E-state index contributed by atoms with van der Waals surface area (Å²) in [5.41, 5.74) is 6.45. The highest BCUT2D eigenvalue weighted by molar-refractivity contribution is 5.13. The Labute approximate surface area is 99.8 Å². The van der Waals surface area contributed by atoms with Crippen molar-refractivity contribution in [1.29, 1.82) is 0 Å². The van der Waals surface area contributed by atoms with Crippen molar-refractivity contribution in [1.82, 2.24) is 0 Å². The van der Waals surface area contributed by atoms with Gasteiger partial charge in [0, 0.05) is 0 Å². The van der Waals surface area contributed by atoms with E-state index in [-0.39, 0.29) is 6.61 Å². The van der Waals surface area contributed by atoms with Crippen LogP contribution in [0.5, 0.6) is 0 Å². The predicted molar refractivity (Wildman–Crippen MR) is 61.0 cm³/mol. The number of hydrogen-bond donors (Lipinski definition) is 3. The molecule has 1 saturated heterocycles. The molecule has 1 unspecified atom stereocenters. The molecule has 4 N–H and O–H groups in total. The van der Waals surface area contributed by atoms with E-state index in [2.05, 4.69) is 0 Å². The van der Waals surface area contributed by atoms with E-state index >= 15 is 0 Å². The SMILES string of the molecule is NC1OC[C@@H](OCc2ccccc2)[C@H](O)[C@H]1O. The second-order valence-electron chi connectivity index (χ2n) is 4.11. The summed E-state index contributed by atoms with van der Waals surface area (Å²) in [6, 6.07) is 9.61. The zero-order chi connectivity index (χ0) is 12.3. The molecule has 0 amide bonds. The van der Waals surface area contributed by atoms with Crippen LogP contribution in [-0.4, -0.2) is 41.4 Å². The van der Waals surface area contributed by atoms with Crippen LogP contribution in [0.4, 0.5) is 0 Å². The Morgan fingerprint density at radius 1 is 1.24 bits per heavy atom. The lowest BCUT2D eigenvalue weighted by molar-refractivity contribution is -0.202. The van der Waals surface area contributed by atoms with E-state index in [9.17, 15) is 10.2 Å². The number of hydrogen-bond acceptors (Lipinski definition) is 5. The van der Waals surface area contributed by atoms with E-state index in [1.807, 2.05) is 30.3 Å². The minimum absolute atomic E-state index is 0.187. The van der Waals surface area contributed by atoms with Crippen LogP contribution in [0.15, 0.2) is 30.3 Å². The van der Waals surface area contributed by atoms with Gasteiger partial charge in [-0.3, -0.25) is 0 Å². The third-order valence-electron chi connectivity index (χ3n) is 2.83. The van der Waals surface area contributed by atoms with Gasteiger partial charge in [0.05, 0.1) is 13.2 Å². The smallest absolute Gasteiger partial charge is 0.134 e. The zero-order valence-corrected chi connectivity index (χ0v) is 9.40. The summed E-state index contributed by atoms with van der Waals surface area (Å²) in [7, 11) is 0. The average Bonchev–Trinajstić information content (AvgIpc) is 2.36. The maximum absolute atomic E-state index is 9.75. The molecule has 0 bridgehead atoms. The summed E-state index contributed by atoms with van der Waals surface area (Å²) in [5, 5.41) is 19.3. The number of benzene rings is 1. The molecular weight excluding hydrogens is 222 g/mol. The number of aliphatic hydroxyl groups excluding tert-OH is 2. The second-order valence-corrected chi connectivity index (χ2v) is 4.11. The van der Waals surface area contributed by atoms with Crippen LogP contribution in [0.2, 0.25) is 0 Å². The molecule has 0 aromatic heterocycles. The van der Waals surface area contributed by atoms with Gasteiger partial charge in [-0.1, -0.05) is 30.3 Å². The predicted octanol–water partition coefficient (Wildman–Crippen LogP) is -0.391. The summed E-state index contributed by atoms with van der Waals surface area (Å²) in [4.78, 5) is 0. The second kappa shape index (κ2) is 5.57. The maximum Gasteiger partial charge on any atom is 0.134 e. The topological polar surface area (TPSA) is 84.9 Å². The van der Waals surface area contributed by atoms with Gasteiger partial charge in [0.2, 0.25) is 0 Å². The lowest BCUT2D eigenvalue weighted by Crippen LogP contribution is -2.56. The molecule has 17 heavy (non-hydrogen) atoms. The van der Waals surface area contributed by atoms with Crippen molar-refractivity contribution < 1.29 is 19.7 Å². The molecule has 0 radical (unpaired) electrons. The summed E-state index contributed by atoms with van der Waals surface area (Å²) in [5.74, 6) is 0. The molecule has 2 rings (SSSR count). The Kier molecular flexibility index (Phi) is 4.09. The van der Waals surface area contributed by atoms with E-state index in [0.29, 0.717) is 6.61 Å². The molecule has 0 saturated carbocycles. The average molecular weight is 239 g/mol. The first-order valence-corrected chi connectivity index (χ1v) is 5.57. The number of rotatable bonds is 3. The van der Waals surface area contributed by atoms with E-state index in [1.165, 1.54) is 0 Å². The number of ether oxygens (including phenoxy) is 2. The van der Waals surface area contributed by atoms with Crippen molar-refractivity contribution in [2.24, 2.45) is 5.73 Å². The number of aliphatic hydroxyl groups is 2. The lowest BCUT2D eigenvalue weighted by Gasteiger charge is -2.35. The molecule has 1 fully saturated rings. The van der Waals surface area contributed by atoms with Gasteiger partial charge in [-0.25, -0.2) is 0 Å². The van der Waals surface area contributed by atoms with Gasteiger partial charge < -0.3 is 25.4 Å². The Balaban J connectivity index is 1.87. The van der Waals surface area contributed by atoms with Crippen LogP contribution in [0.3, 0.4) is 0 Å². The molecule has 1 heterocycles. The summed E-state index contributed by atoms with van der Waals surface area (Å²) in [6.45, 7) is 0.556. The molecular formula is C12H17NO4. The molecule has 1 aromatic rings. The molecule has 0 spiro atoms. The first-order valence-electron chi connectivity index (χ1n) is 5.57. The Morgan fingerprint density at radius 2 is 1.94 bits per heavy atom. The van der Waals surface area contributed by atoms with Crippen molar-refractivity contribution in [2.75, 3.05) is 6.61 Å². The van der Waals surface area contributed by atoms with Gasteiger partial charge in [-0.05, 0) is 5.56 Å². The molecule has 0 aliphatic carbocycles. The normalized spacial score (nSPS) is 33.6. The Bertz CT molecular complexity index is 346.